The Kier molecular flexibility index (Phi) is 4.75. The maximum atomic E-state index is 2.49. The molecule has 1 aromatic carbocycles. The van der Waals surface area contributed by atoms with Crippen LogP contribution >= 0.6 is 0 Å². The molecule has 16 heavy (non-hydrogen) atoms. The molecule has 0 aliphatic rings. The smallest absolute Gasteiger partial charge is 0.0986 e. The van der Waals surface area contributed by atoms with Crippen LogP contribution in [0.3, 0.4) is 0 Å². The third-order valence-corrected chi connectivity index (χ3v) is 7.83. The zero-order valence-electron chi connectivity index (χ0n) is 11.3. The van der Waals surface area contributed by atoms with E-state index >= 15 is 0 Å². The van der Waals surface area contributed by atoms with Crippen molar-refractivity contribution < 1.29 is 0 Å². The summed E-state index contributed by atoms with van der Waals surface area (Å²) < 4.78 is 0. The molecule has 1 rings (SSSR count). The van der Waals surface area contributed by atoms with E-state index in [-0.39, 0.29) is 0 Å². The van der Waals surface area contributed by atoms with Gasteiger partial charge in [-0.2, -0.15) is 0 Å². The van der Waals surface area contributed by atoms with E-state index in [1.54, 1.807) is 5.19 Å². The molecule has 0 aliphatic carbocycles. The minimum absolute atomic E-state index is 0.736. The van der Waals surface area contributed by atoms with Gasteiger partial charge >= 0.3 is 0 Å². The molecule has 0 aliphatic heterocycles. The van der Waals surface area contributed by atoms with Crippen LogP contribution in [0, 0.1) is 0 Å². The van der Waals surface area contributed by atoms with Gasteiger partial charge in [-0.3, -0.25) is 0 Å². The van der Waals surface area contributed by atoms with Crippen molar-refractivity contribution in [1.29, 1.82) is 0 Å². The monoisotopic (exact) mass is 235 g/mol. The van der Waals surface area contributed by atoms with E-state index in [2.05, 4.69) is 69.3 Å². The number of hydrogen-bond donors (Lipinski definition) is 0. The normalized spacial score (nSPS) is 14.1. The molecule has 0 amide bonds. The van der Waals surface area contributed by atoms with Crippen LogP contribution in [0.1, 0.15) is 19.8 Å². The van der Waals surface area contributed by atoms with Crippen molar-refractivity contribution in [3.8, 4) is 0 Å². The van der Waals surface area contributed by atoms with Gasteiger partial charge < -0.3 is 4.90 Å². The third kappa shape index (κ3) is 2.95. The predicted octanol–water partition coefficient (Wildman–Crippen LogP) is 2.87. The van der Waals surface area contributed by atoms with E-state index in [9.17, 15) is 0 Å². The summed E-state index contributed by atoms with van der Waals surface area (Å²) in [5.41, 5.74) is 0.736. The van der Waals surface area contributed by atoms with Crippen LogP contribution in [-0.4, -0.2) is 32.7 Å². The van der Waals surface area contributed by atoms with Crippen molar-refractivity contribution in [3.63, 3.8) is 0 Å². The second kappa shape index (κ2) is 5.64. The number of hydrogen-bond acceptors (Lipinski definition) is 1. The lowest BCUT2D eigenvalue weighted by molar-refractivity contribution is 0.347. The topological polar surface area (TPSA) is 3.24 Å². The van der Waals surface area contributed by atoms with Crippen molar-refractivity contribution >= 4 is 13.3 Å². The number of benzene rings is 1. The minimum atomic E-state index is -1.37. The molecule has 90 valence electrons. The Hall–Kier alpha value is -0.603. The van der Waals surface area contributed by atoms with E-state index in [0.29, 0.717) is 0 Å². The van der Waals surface area contributed by atoms with Crippen LogP contribution in [0.2, 0.25) is 13.1 Å². The second-order valence-electron chi connectivity index (χ2n) is 5.36. The first-order valence-electron chi connectivity index (χ1n) is 6.22. The van der Waals surface area contributed by atoms with E-state index in [1.807, 2.05) is 0 Å². The molecule has 0 bridgehead atoms. The molecule has 0 saturated carbocycles. The minimum Gasteiger partial charge on any atom is -0.309 e. The van der Waals surface area contributed by atoms with Crippen molar-refractivity contribution in [2.45, 2.75) is 38.5 Å². The maximum absolute atomic E-state index is 2.49. The summed E-state index contributed by atoms with van der Waals surface area (Å²) in [7, 11) is 3.07. The molecule has 1 unspecified atom stereocenters. The molecule has 0 N–H and O–H groups in total. The molecular weight excluding hydrogens is 210 g/mol. The van der Waals surface area contributed by atoms with Gasteiger partial charge in [-0.15, -0.1) is 0 Å². The van der Waals surface area contributed by atoms with Crippen LogP contribution in [0.25, 0.3) is 0 Å². The fraction of sp³-hybridized carbons (Fsp3) is 0.571. The Balaban J connectivity index is 2.98. The van der Waals surface area contributed by atoms with Crippen LogP contribution < -0.4 is 5.19 Å². The van der Waals surface area contributed by atoms with Crippen molar-refractivity contribution in [3.05, 3.63) is 30.3 Å². The Labute approximate surface area is 101 Å². The van der Waals surface area contributed by atoms with Crippen molar-refractivity contribution in [2.24, 2.45) is 0 Å². The van der Waals surface area contributed by atoms with Gasteiger partial charge in [-0.05, 0) is 20.5 Å². The Morgan fingerprint density at radius 2 is 1.69 bits per heavy atom. The number of nitrogens with zero attached hydrogens (tertiary/aromatic N) is 1. The summed E-state index contributed by atoms with van der Waals surface area (Å²) in [6.07, 6.45) is 2.58. The molecule has 0 radical (unpaired) electrons. The molecule has 0 spiro atoms. The molecule has 2 heteroatoms. The summed E-state index contributed by atoms with van der Waals surface area (Å²) in [5.74, 6) is 0. The van der Waals surface area contributed by atoms with E-state index in [1.165, 1.54) is 12.8 Å². The zero-order chi connectivity index (χ0) is 12.2. The fourth-order valence-electron chi connectivity index (χ4n) is 2.60. The molecule has 1 atom stereocenters. The molecule has 0 saturated heterocycles. The van der Waals surface area contributed by atoms with Gasteiger partial charge in [0, 0.05) is 5.67 Å². The first kappa shape index (κ1) is 13.5. The van der Waals surface area contributed by atoms with Gasteiger partial charge in [0.25, 0.3) is 0 Å². The summed E-state index contributed by atoms with van der Waals surface area (Å²) in [4.78, 5) is 2.42. The molecule has 1 aromatic rings. The largest absolute Gasteiger partial charge is 0.309 e. The lowest BCUT2D eigenvalue weighted by Crippen LogP contribution is -2.58. The lowest BCUT2D eigenvalue weighted by atomic mass is 10.3. The standard InChI is InChI=1S/C14H25NSi/c1-6-10-14(15(2)3)16(4,5)13-11-8-7-9-12-13/h7-9,11-12,14H,6,10H2,1-5H3. The van der Waals surface area contributed by atoms with Crippen LogP contribution in [0.4, 0.5) is 0 Å². The van der Waals surface area contributed by atoms with Gasteiger partial charge in [-0.25, -0.2) is 0 Å². The molecule has 0 heterocycles. The molecule has 0 aromatic heterocycles. The van der Waals surface area contributed by atoms with Gasteiger partial charge in [0.1, 0.15) is 0 Å². The Morgan fingerprint density at radius 3 is 2.12 bits per heavy atom. The van der Waals surface area contributed by atoms with Gasteiger partial charge in [0.05, 0.1) is 8.07 Å². The SMILES string of the molecule is CCCC(N(C)C)[Si](C)(C)c1ccccc1. The number of rotatable bonds is 5. The molecule has 0 fully saturated rings. The molecular formula is C14H25NSi. The summed E-state index contributed by atoms with van der Waals surface area (Å²) in [6, 6.07) is 11.1. The summed E-state index contributed by atoms with van der Waals surface area (Å²) in [5, 5.41) is 1.57. The van der Waals surface area contributed by atoms with Crippen molar-refractivity contribution in [1.82, 2.24) is 4.90 Å². The Bertz CT molecular complexity index is 306. The average molecular weight is 235 g/mol. The predicted molar refractivity (Wildman–Crippen MR) is 75.9 cm³/mol. The highest BCUT2D eigenvalue weighted by Gasteiger charge is 2.34. The summed E-state index contributed by atoms with van der Waals surface area (Å²) in [6.45, 7) is 7.26. The van der Waals surface area contributed by atoms with Crippen LogP contribution in [0.5, 0.6) is 0 Å². The van der Waals surface area contributed by atoms with Gasteiger partial charge in [0.2, 0.25) is 0 Å². The molecule has 1 nitrogen and oxygen atoms in total. The fourth-order valence-corrected chi connectivity index (χ4v) is 6.34. The highest BCUT2D eigenvalue weighted by molar-refractivity contribution is 6.91. The van der Waals surface area contributed by atoms with Crippen LogP contribution in [-0.2, 0) is 0 Å². The van der Waals surface area contributed by atoms with E-state index in [4.69, 9.17) is 0 Å². The maximum Gasteiger partial charge on any atom is 0.0986 e. The van der Waals surface area contributed by atoms with Crippen molar-refractivity contribution in [2.75, 3.05) is 14.1 Å². The van der Waals surface area contributed by atoms with Gasteiger partial charge in [0.15, 0.2) is 0 Å². The first-order valence-corrected chi connectivity index (χ1v) is 9.29. The van der Waals surface area contributed by atoms with Gasteiger partial charge in [-0.1, -0.05) is 62.0 Å². The Morgan fingerprint density at radius 1 is 1.12 bits per heavy atom. The highest BCUT2D eigenvalue weighted by atomic mass is 28.3. The second-order valence-corrected chi connectivity index (χ2v) is 10.0. The van der Waals surface area contributed by atoms with Crippen LogP contribution in [0.15, 0.2) is 30.3 Å². The lowest BCUT2D eigenvalue weighted by Gasteiger charge is -2.37. The van der Waals surface area contributed by atoms with E-state index in [0.717, 1.165) is 5.67 Å². The zero-order valence-corrected chi connectivity index (χ0v) is 12.3. The van der Waals surface area contributed by atoms with E-state index < -0.39 is 8.07 Å². The third-order valence-electron chi connectivity index (χ3n) is 3.54. The quantitative estimate of drug-likeness (QED) is 0.709. The average Bonchev–Trinajstić information content (AvgIpc) is 2.26. The summed E-state index contributed by atoms with van der Waals surface area (Å²) >= 11 is 0. The first-order chi connectivity index (χ1) is 7.50. The highest BCUT2D eigenvalue weighted by Crippen LogP contribution is 2.17.